The van der Waals surface area contributed by atoms with Crippen molar-refractivity contribution in [3.8, 4) is 0 Å². The number of nitrogens with one attached hydrogen (secondary N) is 1. The Morgan fingerprint density at radius 3 is 2.68 bits per heavy atom. The molecule has 0 saturated heterocycles. The molecule has 0 aliphatic heterocycles. The van der Waals surface area contributed by atoms with Gasteiger partial charge in [-0.05, 0) is 57.7 Å². The van der Waals surface area contributed by atoms with Crippen LogP contribution in [0.1, 0.15) is 45.1 Å². The van der Waals surface area contributed by atoms with Gasteiger partial charge in [-0.15, -0.1) is 0 Å². The van der Waals surface area contributed by atoms with Crippen molar-refractivity contribution in [3.05, 3.63) is 29.8 Å². The van der Waals surface area contributed by atoms with Gasteiger partial charge >= 0.3 is 0 Å². The Kier molecular flexibility index (Phi) is 5.26. The Balaban J connectivity index is 2.02. The van der Waals surface area contributed by atoms with E-state index in [-0.39, 0.29) is 0 Å². The van der Waals surface area contributed by atoms with E-state index in [1.807, 2.05) is 0 Å². The highest BCUT2D eigenvalue weighted by Gasteiger charge is 2.28. The zero-order valence-electron chi connectivity index (χ0n) is 12.7. The van der Waals surface area contributed by atoms with Gasteiger partial charge in [-0.25, -0.2) is 0 Å². The Morgan fingerprint density at radius 1 is 1.21 bits per heavy atom. The molecule has 1 fully saturated rings. The first-order valence-corrected chi connectivity index (χ1v) is 7.81. The number of hydrogen-bond acceptors (Lipinski definition) is 2. The van der Waals surface area contributed by atoms with Gasteiger partial charge in [0.15, 0.2) is 0 Å². The maximum atomic E-state index is 3.68. The third-order valence-electron chi connectivity index (χ3n) is 4.29. The molecule has 0 amide bonds. The van der Waals surface area contributed by atoms with E-state index in [2.05, 4.69) is 55.3 Å². The SMILES string of the molecule is CCCNC1CCC(N(CC)c2ccccc2C)C1. The lowest BCUT2D eigenvalue weighted by molar-refractivity contribution is 0.509. The molecular formula is C17H28N2. The molecule has 106 valence electrons. The Bertz CT molecular complexity index is 389. The fourth-order valence-corrected chi connectivity index (χ4v) is 3.29. The van der Waals surface area contributed by atoms with Crippen molar-refractivity contribution in [3.63, 3.8) is 0 Å². The summed E-state index contributed by atoms with van der Waals surface area (Å²) in [6.07, 6.45) is 5.18. The lowest BCUT2D eigenvalue weighted by Gasteiger charge is -2.31. The number of hydrogen-bond donors (Lipinski definition) is 1. The monoisotopic (exact) mass is 260 g/mol. The molecule has 1 aliphatic carbocycles. The van der Waals surface area contributed by atoms with Crippen LogP contribution >= 0.6 is 0 Å². The lowest BCUT2D eigenvalue weighted by Crippen LogP contribution is -2.36. The summed E-state index contributed by atoms with van der Waals surface area (Å²) in [5.41, 5.74) is 2.82. The highest BCUT2D eigenvalue weighted by molar-refractivity contribution is 5.53. The highest BCUT2D eigenvalue weighted by atomic mass is 15.2. The molecule has 0 spiro atoms. The summed E-state index contributed by atoms with van der Waals surface area (Å²) in [5.74, 6) is 0. The van der Waals surface area contributed by atoms with Gasteiger partial charge in [-0.3, -0.25) is 0 Å². The van der Waals surface area contributed by atoms with E-state index >= 15 is 0 Å². The highest BCUT2D eigenvalue weighted by Crippen LogP contribution is 2.30. The van der Waals surface area contributed by atoms with Crippen LogP contribution in [0.4, 0.5) is 5.69 Å². The maximum Gasteiger partial charge on any atom is 0.0398 e. The number of anilines is 1. The Morgan fingerprint density at radius 2 is 2.00 bits per heavy atom. The van der Waals surface area contributed by atoms with E-state index < -0.39 is 0 Å². The summed E-state index contributed by atoms with van der Waals surface area (Å²) < 4.78 is 0. The molecule has 0 aromatic heterocycles. The molecule has 2 heteroatoms. The molecular weight excluding hydrogens is 232 g/mol. The van der Waals surface area contributed by atoms with Gasteiger partial charge in [0, 0.05) is 24.3 Å². The number of para-hydroxylation sites is 1. The fourth-order valence-electron chi connectivity index (χ4n) is 3.29. The number of benzene rings is 1. The van der Waals surface area contributed by atoms with Gasteiger partial charge in [-0.1, -0.05) is 25.1 Å². The third-order valence-corrected chi connectivity index (χ3v) is 4.29. The first-order valence-electron chi connectivity index (χ1n) is 7.81. The molecule has 1 aromatic carbocycles. The summed E-state index contributed by atoms with van der Waals surface area (Å²) in [7, 11) is 0. The molecule has 2 unspecified atom stereocenters. The summed E-state index contributed by atoms with van der Waals surface area (Å²) in [4.78, 5) is 2.60. The topological polar surface area (TPSA) is 15.3 Å². The summed E-state index contributed by atoms with van der Waals surface area (Å²) in [6.45, 7) is 9.01. The van der Waals surface area contributed by atoms with Crippen molar-refractivity contribution in [2.75, 3.05) is 18.0 Å². The fraction of sp³-hybridized carbons (Fsp3) is 0.647. The minimum Gasteiger partial charge on any atom is -0.369 e. The predicted octanol–water partition coefficient (Wildman–Crippen LogP) is 3.74. The lowest BCUT2D eigenvalue weighted by atomic mass is 10.1. The van der Waals surface area contributed by atoms with Crippen LogP contribution in [-0.2, 0) is 0 Å². The Hall–Kier alpha value is -1.02. The third kappa shape index (κ3) is 3.50. The minimum absolute atomic E-state index is 0.709. The van der Waals surface area contributed by atoms with E-state index in [0.29, 0.717) is 6.04 Å². The summed E-state index contributed by atoms with van der Waals surface area (Å²) in [5, 5.41) is 3.68. The average molecular weight is 260 g/mol. The zero-order valence-corrected chi connectivity index (χ0v) is 12.7. The van der Waals surface area contributed by atoms with Gasteiger partial charge in [0.05, 0.1) is 0 Å². The predicted molar refractivity (Wildman–Crippen MR) is 83.9 cm³/mol. The standard InChI is InChI=1S/C17H28N2/c1-4-12-18-15-10-11-16(13-15)19(5-2)17-9-7-6-8-14(17)3/h6-9,15-16,18H,4-5,10-13H2,1-3H3. The van der Waals surface area contributed by atoms with Gasteiger partial charge in [-0.2, -0.15) is 0 Å². The van der Waals surface area contributed by atoms with Crippen LogP contribution in [0.25, 0.3) is 0 Å². The van der Waals surface area contributed by atoms with Crippen LogP contribution in [0.5, 0.6) is 0 Å². The van der Waals surface area contributed by atoms with E-state index in [0.717, 1.165) is 19.1 Å². The second-order valence-corrected chi connectivity index (χ2v) is 5.69. The molecule has 2 atom stereocenters. The second kappa shape index (κ2) is 6.95. The second-order valence-electron chi connectivity index (χ2n) is 5.69. The average Bonchev–Trinajstić information content (AvgIpc) is 2.88. The van der Waals surface area contributed by atoms with Crippen LogP contribution in [0.2, 0.25) is 0 Å². The van der Waals surface area contributed by atoms with E-state index in [4.69, 9.17) is 0 Å². The first kappa shape index (κ1) is 14.4. The molecule has 0 radical (unpaired) electrons. The van der Waals surface area contributed by atoms with Crippen molar-refractivity contribution in [1.82, 2.24) is 5.32 Å². The molecule has 2 nitrogen and oxygen atoms in total. The van der Waals surface area contributed by atoms with Gasteiger partial charge in [0.1, 0.15) is 0 Å². The molecule has 0 bridgehead atoms. The smallest absolute Gasteiger partial charge is 0.0398 e. The van der Waals surface area contributed by atoms with E-state index in [9.17, 15) is 0 Å². The maximum absolute atomic E-state index is 3.68. The van der Waals surface area contributed by atoms with E-state index in [1.165, 1.54) is 36.9 Å². The molecule has 1 aromatic rings. The van der Waals surface area contributed by atoms with Gasteiger partial charge in [0.25, 0.3) is 0 Å². The van der Waals surface area contributed by atoms with E-state index in [1.54, 1.807) is 0 Å². The zero-order chi connectivity index (χ0) is 13.7. The first-order chi connectivity index (χ1) is 9.26. The summed E-state index contributed by atoms with van der Waals surface area (Å²) >= 11 is 0. The molecule has 0 heterocycles. The summed E-state index contributed by atoms with van der Waals surface area (Å²) in [6, 6.07) is 10.2. The molecule has 1 saturated carbocycles. The largest absolute Gasteiger partial charge is 0.369 e. The molecule has 19 heavy (non-hydrogen) atoms. The van der Waals surface area contributed by atoms with Crippen molar-refractivity contribution in [2.24, 2.45) is 0 Å². The molecule has 1 aliphatic rings. The molecule has 2 rings (SSSR count). The van der Waals surface area contributed by atoms with Crippen molar-refractivity contribution in [2.45, 2.75) is 58.5 Å². The van der Waals surface area contributed by atoms with Crippen LogP contribution in [0.15, 0.2) is 24.3 Å². The Labute approximate surface area is 118 Å². The van der Waals surface area contributed by atoms with Crippen LogP contribution in [-0.4, -0.2) is 25.2 Å². The van der Waals surface area contributed by atoms with Gasteiger partial charge < -0.3 is 10.2 Å². The van der Waals surface area contributed by atoms with Crippen LogP contribution in [0.3, 0.4) is 0 Å². The minimum atomic E-state index is 0.709. The van der Waals surface area contributed by atoms with Crippen molar-refractivity contribution < 1.29 is 0 Å². The number of aryl methyl sites for hydroxylation is 1. The van der Waals surface area contributed by atoms with Crippen molar-refractivity contribution in [1.29, 1.82) is 0 Å². The number of nitrogens with zero attached hydrogens (tertiary/aromatic N) is 1. The number of rotatable bonds is 6. The van der Waals surface area contributed by atoms with Crippen LogP contribution < -0.4 is 10.2 Å². The normalized spacial score (nSPS) is 22.7. The van der Waals surface area contributed by atoms with Crippen LogP contribution in [0, 0.1) is 6.92 Å². The van der Waals surface area contributed by atoms with Gasteiger partial charge in [0.2, 0.25) is 0 Å². The molecule has 1 N–H and O–H groups in total. The van der Waals surface area contributed by atoms with Crippen molar-refractivity contribution >= 4 is 5.69 Å². The quantitative estimate of drug-likeness (QED) is 0.838.